The number of aliphatic hydroxyl groups excluding tert-OH is 1. The van der Waals surface area contributed by atoms with Gasteiger partial charge in [0.1, 0.15) is 0 Å². The number of hydrogen-bond donors (Lipinski definition) is 3. The number of aliphatic carboxylic acids is 1. The van der Waals surface area contributed by atoms with E-state index in [9.17, 15) is 4.79 Å². The molecule has 0 aromatic heterocycles. The first kappa shape index (κ1) is 16.6. The zero-order valence-corrected chi connectivity index (χ0v) is 9.42. The quantitative estimate of drug-likeness (QED) is 0.743. The molecule has 15 heavy (non-hydrogen) atoms. The maximum atomic E-state index is 10.8. The van der Waals surface area contributed by atoms with Crippen LogP contribution in [-0.2, 0) is 10.3 Å². The molecule has 0 radical (unpaired) electrons. The summed E-state index contributed by atoms with van der Waals surface area (Å²) in [5.41, 5.74) is 4.21. The Bertz CT molecular complexity index is 307. The molecule has 0 saturated heterocycles. The second-order valence-electron chi connectivity index (χ2n) is 2.80. The van der Waals surface area contributed by atoms with Crippen molar-refractivity contribution in [3.05, 3.63) is 35.9 Å². The predicted molar refractivity (Wildman–Crippen MR) is 61.5 cm³/mol. The van der Waals surface area contributed by atoms with Gasteiger partial charge < -0.3 is 15.9 Å². The van der Waals surface area contributed by atoms with Crippen LogP contribution in [0.5, 0.6) is 0 Å². The second kappa shape index (κ2) is 6.63. The minimum absolute atomic E-state index is 0. The lowest BCUT2D eigenvalue weighted by Crippen LogP contribution is -2.48. The van der Waals surface area contributed by atoms with E-state index in [0.29, 0.717) is 5.56 Å². The van der Waals surface area contributed by atoms with Gasteiger partial charge in [0.2, 0.25) is 0 Å². The Morgan fingerprint density at radius 1 is 1.27 bits per heavy atom. The summed E-state index contributed by atoms with van der Waals surface area (Å²) < 4.78 is 0. The Morgan fingerprint density at radius 2 is 1.73 bits per heavy atom. The molecule has 4 N–H and O–H groups in total. The topological polar surface area (TPSA) is 83.5 Å². The first-order valence-electron chi connectivity index (χ1n) is 3.80. The van der Waals surface area contributed by atoms with E-state index in [4.69, 9.17) is 15.9 Å². The lowest BCUT2D eigenvalue weighted by Gasteiger charge is -2.22. The average Bonchev–Trinajstić information content (AvgIpc) is 2.17. The molecular weight excluding hydrogens is 241 g/mol. The molecule has 0 amide bonds. The zero-order chi connectivity index (χ0) is 9.90. The molecule has 0 bridgehead atoms. The Hall–Kier alpha value is -0.810. The highest BCUT2D eigenvalue weighted by Crippen LogP contribution is 2.17. The highest BCUT2D eigenvalue weighted by Gasteiger charge is 2.34. The summed E-state index contributed by atoms with van der Waals surface area (Å²) in [7, 11) is 0. The van der Waals surface area contributed by atoms with Crippen LogP contribution in [0.1, 0.15) is 5.56 Å². The van der Waals surface area contributed by atoms with Crippen LogP contribution in [0.4, 0.5) is 0 Å². The van der Waals surface area contributed by atoms with E-state index in [1.165, 1.54) is 0 Å². The molecule has 0 fully saturated rings. The fraction of sp³-hybridized carbons (Fsp3) is 0.222. The van der Waals surface area contributed by atoms with Crippen molar-refractivity contribution in [2.75, 3.05) is 6.61 Å². The van der Waals surface area contributed by atoms with Crippen molar-refractivity contribution in [2.45, 2.75) is 5.54 Å². The molecule has 4 nitrogen and oxygen atoms in total. The van der Waals surface area contributed by atoms with Gasteiger partial charge in [-0.15, -0.1) is 24.8 Å². The molecule has 86 valence electrons. The number of aliphatic hydroxyl groups is 1. The molecule has 0 heterocycles. The minimum atomic E-state index is -1.69. The largest absolute Gasteiger partial charge is 0.480 e. The van der Waals surface area contributed by atoms with E-state index in [-0.39, 0.29) is 24.8 Å². The fourth-order valence-corrected chi connectivity index (χ4v) is 1.02. The summed E-state index contributed by atoms with van der Waals surface area (Å²) in [4.78, 5) is 10.8. The molecule has 0 aliphatic carbocycles. The molecular formula is C9H13Cl2NO3. The summed E-state index contributed by atoms with van der Waals surface area (Å²) in [5, 5.41) is 17.7. The van der Waals surface area contributed by atoms with Gasteiger partial charge in [-0.25, -0.2) is 4.79 Å². The zero-order valence-electron chi connectivity index (χ0n) is 7.79. The van der Waals surface area contributed by atoms with Gasteiger partial charge in [0.05, 0.1) is 6.61 Å². The molecule has 0 spiro atoms. The SMILES string of the molecule is Cl.Cl.NC(CO)(C(=O)O)c1ccccc1. The number of hydrogen-bond acceptors (Lipinski definition) is 3. The van der Waals surface area contributed by atoms with Crippen molar-refractivity contribution in [3.8, 4) is 0 Å². The van der Waals surface area contributed by atoms with Gasteiger partial charge in [0.15, 0.2) is 5.54 Å². The van der Waals surface area contributed by atoms with Crippen LogP contribution in [0.3, 0.4) is 0 Å². The third-order valence-electron chi connectivity index (χ3n) is 1.92. The van der Waals surface area contributed by atoms with Gasteiger partial charge in [0, 0.05) is 0 Å². The lowest BCUT2D eigenvalue weighted by molar-refractivity contribution is -0.145. The van der Waals surface area contributed by atoms with Crippen LogP contribution in [-0.4, -0.2) is 22.8 Å². The standard InChI is InChI=1S/C9H11NO3.2ClH/c10-9(6-11,8(12)13)7-4-2-1-3-5-7;;/h1-5,11H,6,10H2,(H,12,13);2*1H. The molecule has 1 atom stereocenters. The van der Waals surface area contributed by atoms with E-state index in [1.807, 2.05) is 0 Å². The monoisotopic (exact) mass is 253 g/mol. The maximum absolute atomic E-state index is 10.8. The summed E-state index contributed by atoms with van der Waals surface area (Å²) >= 11 is 0. The van der Waals surface area contributed by atoms with Gasteiger partial charge in [0.25, 0.3) is 0 Å². The Morgan fingerprint density at radius 3 is 2.07 bits per heavy atom. The highest BCUT2D eigenvalue weighted by molar-refractivity contribution is 5.85. The fourth-order valence-electron chi connectivity index (χ4n) is 1.02. The van der Waals surface area contributed by atoms with Crippen molar-refractivity contribution in [1.82, 2.24) is 0 Å². The van der Waals surface area contributed by atoms with Gasteiger partial charge in [-0.2, -0.15) is 0 Å². The number of benzene rings is 1. The Kier molecular flexibility index (Phi) is 7.35. The van der Waals surface area contributed by atoms with Crippen molar-refractivity contribution < 1.29 is 15.0 Å². The molecule has 6 heteroatoms. The van der Waals surface area contributed by atoms with Crippen LogP contribution >= 0.6 is 24.8 Å². The van der Waals surface area contributed by atoms with Crippen LogP contribution in [0.2, 0.25) is 0 Å². The summed E-state index contributed by atoms with van der Waals surface area (Å²) in [6.45, 7) is -0.619. The van der Waals surface area contributed by atoms with Gasteiger partial charge in [-0.05, 0) is 5.56 Å². The van der Waals surface area contributed by atoms with E-state index < -0.39 is 18.1 Å². The van der Waals surface area contributed by atoms with E-state index in [2.05, 4.69) is 0 Å². The number of halogens is 2. The minimum Gasteiger partial charge on any atom is -0.480 e. The van der Waals surface area contributed by atoms with Gasteiger partial charge in [-0.1, -0.05) is 30.3 Å². The first-order chi connectivity index (χ1) is 6.11. The summed E-state index contributed by atoms with van der Waals surface area (Å²) in [6, 6.07) is 8.25. The average molecular weight is 254 g/mol. The number of carbonyl (C=O) groups is 1. The predicted octanol–water partition coefficient (Wildman–Crippen LogP) is 0.761. The maximum Gasteiger partial charge on any atom is 0.330 e. The van der Waals surface area contributed by atoms with Crippen molar-refractivity contribution >= 4 is 30.8 Å². The van der Waals surface area contributed by atoms with Gasteiger partial charge >= 0.3 is 5.97 Å². The number of nitrogens with two attached hydrogens (primary N) is 1. The van der Waals surface area contributed by atoms with Crippen molar-refractivity contribution in [1.29, 1.82) is 0 Å². The van der Waals surface area contributed by atoms with Crippen molar-refractivity contribution in [2.24, 2.45) is 5.73 Å². The van der Waals surface area contributed by atoms with Gasteiger partial charge in [-0.3, -0.25) is 0 Å². The first-order valence-corrected chi connectivity index (χ1v) is 3.80. The smallest absolute Gasteiger partial charge is 0.330 e. The summed E-state index contributed by atoms with van der Waals surface area (Å²) in [6.07, 6.45) is 0. The molecule has 0 saturated carbocycles. The van der Waals surface area contributed by atoms with Crippen LogP contribution in [0, 0.1) is 0 Å². The Balaban J connectivity index is 0. The van der Waals surface area contributed by atoms with E-state index in [1.54, 1.807) is 30.3 Å². The number of carboxylic acids is 1. The lowest BCUT2D eigenvalue weighted by atomic mass is 9.92. The number of rotatable bonds is 3. The molecule has 1 unspecified atom stereocenters. The van der Waals surface area contributed by atoms with E-state index in [0.717, 1.165) is 0 Å². The Labute approximate surface area is 99.9 Å². The van der Waals surface area contributed by atoms with E-state index >= 15 is 0 Å². The molecule has 0 aliphatic rings. The molecule has 0 aliphatic heterocycles. The van der Waals surface area contributed by atoms with Crippen LogP contribution in [0.25, 0.3) is 0 Å². The second-order valence-corrected chi connectivity index (χ2v) is 2.80. The van der Waals surface area contributed by atoms with Crippen LogP contribution < -0.4 is 5.73 Å². The molecule has 1 aromatic rings. The molecule has 1 aromatic carbocycles. The third-order valence-corrected chi connectivity index (χ3v) is 1.92. The number of carboxylic acid groups (broad SMARTS) is 1. The highest BCUT2D eigenvalue weighted by atomic mass is 35.5. The third kappa shape index (κ3) is 3.35. The van der Waals surface area contributed by atoms with Crippen molar-refractivity contribution in [3.63, 3.8) is 0 Å². The van der Waals surface area contributed by atoms with Crippen LogP contribution in [0.15, 0.2) is 30.3 Å². The normalized spacial score (nSPS) is 12.9. The summed E-state index contributed by atoms with van der Waals surface area (Å²) in [5.74, 6) is -1.23. The molecule has 1 rings (SSSR count).